The van der Waals surface area contributed by atoms with Crippen LogP contribution in [0, 0.1) is 5.92 Å². The maximum Gasteiger partial charge on any atom is -0.000798 e. The first-order valence-electron chi connectivity index (χ1n) is 3.74. The van der Waals surface area contributed by atoms with Gasteiger partial charge in [0.15, 0.2) is 0 Å². The standard InChI is InChI=1S/C10H14/c1-8(2)10-7-5-4-6-9(10)3/h4-7,9H,1-3H3. The molecule has 1 atom stereocenters. The molecule has 0 aromatic rings. The summed E-state index contributed by atoms with van der Waals surface area (Å²) < 4.78 is 0. The molecule has 0 nitrogen and oxygen atoms in total. The van der Waals surface area contributed by atoms with Crippen molar-refractivity contribution in [2.24, 2.45) is 5.92 Å². The molecule has 1 rings (SSSR count). The van der Waals surface area contributed by atoms with Crippen LogP contribution in [0.5, 0.6) is 0 Å². The van der Waals surface area contributed by atoms with Crippen molar-refractivity contribution >= 4 is 0 Å². The first kappa shape index (κ1) is 7.33. The molecule has 0 fully saturated rings. The second kappa shape index (κ2) is 2.87. The molecule has 0 saturated carbocycles. The van der Waals surface area contributed by atoms with Gasteiger partial charge in [-0.3, -0.25) is 0 Å². The van der Waals surface area contributed by atoms with E-state index in [1.54, 1.807) is 0 Å². The fourth-order valence-electron chi connectivity index (χ4n) is 1.27. The molecule has 54 valence electrons. The predicted molar refractivity (Wildman–Crippen MR) is 45.8 cm³/mol. The van der Waals surface area contributed by atoms with Crippen molar-refractivity contribution in [2.75, 3.05) is 0 Å². The van der Waals surface area contributed by atoms with Crippen molar-refractivity contribution < 1.29 is 0 Å². The minimum absolute atomic E-state index is 0.606. The van der Waals surface area contributed by atoms with E-state index in [2.05, 4.69) is 45.1 Å². The lowest BCUT2D eigenvalue weighted by atomic mass is 9.93. The Hall–Kier alpha value is -0.780. The number of hydrogen-bond donors (Lipinski definition) is 0. The average molecular weight is 134 g/mol. The van der Waals surface area contributed by atoms with E-state index in [4.69, 9.17) is 0 Å². The van der Waals surface area contributed by atoms with Crippen LogP contribution < -0.4 is 0 Å². The van der Waals surface area contributed by atoms with Gasteiger partial charge in [0, 0.05) is 0 Å². The van der Waals surface area contributed by atoms with Crippen molar-refractivity contribution in [3.63, 3.8) is 0 Å². The topological polar surface area (TPSA) is 0 Å². The molecule has 1 unspecified atom stereocenters. The highest BCUT2D eigenvalue weighted by Gasteiger charge is 2.04. The molecule has 0 radical (unpaired) electrons. The Morgan fingerprint density at radius 1 is 1.30 bits per heavy atom. The van der Waals surface area contributed by atoms with Crippen molar-refractivity contribution in [3.05, 3.63) is 35.5 Å². The van der Waals surface area contributed by atoms with E-state index in [0.29, 0.717) is 5.92 Å². The third-order valence-electron chi connectivity index (χ3n) is 1.85. The van der Waals surface area contributed by atoms with Gasteiger partial charge in [-0.15, -0.1) is 0 Å². The second-order valence-electron chi connectivity index (χ2n) is 2.99. The van der Waals surface area contributed by atoms with Crippen molar-refractivity contribution in [2.45, 2.75) is 20.8 Å². The van der Waals surface area contributed by atoms with Crippen LogP contribution in [-0.2, 0) is 0 Å². The van der Waals surface area contributed by atoms with Crippen LogP contribution in [0.25, 0.3) is 0 Å². The zero-order valence-corrected chi connectivity index (χ0v) is 6.89. The molecule has 0 spiro atoms. The summed E-state index contributed by atoms with van der Waals surface area (Å²) in [5.74, 6) is 0.606. The Morgan fingerprint density at radius 3 is 2.40 bits per heavy atom. The van der Waals surface area contributed by atoms with Gasteiger partial charge in [0.05, 0.1) is 0 Å². The van der Waals surface area contributed by atoms with Crippen LogP contribution in [0.4, 0.5) is 0 Å². The zero-order valence-electron chi connectivity index (χ0n) is 6.89. The third-order valence-corrected chi connectivity index (χ3v) is 1.85. The average Bonchev–Trinajstić information content (AvgIpc) is 1.88. The van der Waals surface area contributed by atoms with Gasteiger partial charge in [0.2, 0.25) is 0 Å². The summed E-state index contributed by atoms with van der Waals surface area (Å²) in [7, 11) is 0. The monoisotopic (exact) mass is 134 g/mol. The first-order valence-corrected chi connectivity index (χ1v) is 3.74. The molecule has 0 aliphatic heterocycles. The summed E-state index contributed by atoms with van der Waals surface area (Å²) in [4.78, 5) is 0. The van der Waals surface area contributed by atoms with Crippen LogP contribution in [0.1, 0.15) is 20.8 Å². The van der Waals surface area contributed by atoms with Gasteiger partial charge in [-0.05, 0) is 25.3 Å². The fourth-order valence-corrected chi connectivity index (χ4v) is 1.27. The smallest absolute Gasteiger partial charge is 0.000798 e. The molecule has 0 aromatic heterocycles. The predicted octanol–water partition coefficient (Wildman–Crippen LogP) is 3.08. The summed E-state index contributed by atoms with van der Waals surface area (Å²) in [6, 6.07) is 0. The Bertz CT molecular complexity index is 200. The number of hydrogen-bond acceptors (Lipinski definition) is 0. The second-order valence-corrected chi connectivity index (χ2v) is 2.99. The van der Waals surface area contributed by atoms with E-state index < -0.39 is 0 Å². The maximum atomic E-state index is 2.22. The lowest BCUT2D eigenvalue weighted by molar-refractivity contribution is 0.866. The van der Waals surface area contributed by atoms with E-state index in [1.807, 2.05) is 0 Å². The van der Waals surface area contributed by atoms with E-state index in [1.165, 1.54) is 11.1 Å². The number of allylic oxidation sites excluding steroid dienone is 6. The van der Waals surface area contributed by atoms with Gasteiger partial charge in [0.1, 0.15) is 0 Å². The highest BCUT2D eigenvalue weighted by atomic mass is 14.1. The van der Waals surface area contributed by atoms with Gasteiger partial charge >= 0.3 is 0 Å². The highest BCUT2D eigenvalue weighted by Crippen LogP contribution is 2.20. The van der Waals surface area contributed by atoms with E-state index >= 15 is 0 Å². The molecule has 1 aliphatic carbocycles. The minimum atomic E-state index is 0.606. The normalized spacial score (nSPS) is 23.5. The summed E-state index contributed by atoms with van der Waals surface area (Å²) in [6.07, 6.45) is 8.63. The Morgan fingerprint density at radius 2 is 2.00 bits per heavy atom. The molecule has 0 heteroatoms. The van der Waals surface area contributed by atoms with Gasteiger partial charge in [-0.2, -0.15) is 0 Å². The Balaban J connectivity index is 2.91. The van der Waals surface area contributed by atoms with Crippen LogP contribution in [-0.4, -0.2) is 0 Å². The Kier molecular flexibility index (Phi) is 2.10. The molecular formula is C10H14. The van der Waals surface area contributed by atoms with E-state index in [0.717, 1.165) is 0 Å². The van der Waals surface area contributed by atoms with Crippen LogP contribution in [0.3, 0.4) is 0 Å². The van der Waals surface area contributed by atoms with Crippen LogP contribution >= 0.6 is 0 Å². The van der Waals surface area contributed by atoms with Crippen LogP contribution in [0.15, 0.2) is 35.5 Å². The molecule has 0 aromatic carbocycles. The highest BCUT2D eigenvalue weighted by molar-refractivity contribution is 5.34. The van der Waals surface area contributed by atoms with E-state index in [9.17, 15) is 0 Å². The molecule has 0 bridgehead atoms. The van der Waals surface area contributed by atoms with Crippen molar-refractivity contribution in [1.82, 2.24) is 0 Å². The summed E-state index contributed by atoms with van der Waals surface area (Å²) in [5.41, 5.74) is 2.88. The molecule has 0 saturated heterocycles. The zero-order chi connectivity index (χ0) is 7.56. The van der Waals surface area contributed by atoms with Gasteiger partial charge in [0.25, 0.3) is 0 Å². The lowest BCUT2D eigenvalue weighted by Gasteiger charge is -2.12. The summed E-state index contributed by atoms with van der Waals surface area (Å²) >= 11 is 0. The molecule has 10 heavy (non-hydrogen) atoms. The third kappa shape index (κ3) is 1.38. The van der Waals surface area contributed by atoms with Crippen molar-refractivity contribution in [1.29, 1.82) is 0 Å². The molecule has 0 N–H and O–H groups in total. The summed E-state index contributed by atoms with van der Waals surface area (Å²) in [5, 5.41) is 0. The largest absolute Gasteiger partial charge is 0.0773 e. The van der Waals surface area contributed by atoms with Gasteiger partial charge < -0.3 is 0 Å². The quantitative estimate of drug-likeness (QED) is 0.477. The summed E-state index contributed by atoms with van der Waals surface area (Å²) in [6.45, 7) is 6.55. The minimum Gasteiger partial charge on any atom is -0.0773 e. The fraction of sp³-hybridized carbons (Fsp3) is 0.400. The number of rotatable bonds is 0. The molecule has 0 amide bonds. The SMILES string of the molecule is CC(C)=C1C=CC=CC1C. The van der Waals surface area contributed by atoms with Gasteiger partial charge in [-0.1, -0.05) is 36.8 Å². The van der Waals surface area contributed by atoms with E-state index in [-0.39, 0.29) is 0 Å². The van der Waals surface area contributed by atoms with Gasteiger partial charge in [-0.25, -0.2) is 0 Å². The first-order chi connectivity index (χ1) is 4.72. The molecule has 1 aliphatic rings. The molecule has 0 heterocycles. The maximum absolute atomic E-state index is 2.22. The molecular weight excluding hydrogens is 120 g/mol. The Labute approximate surface area is 62.9 Å². The van der Waals surface area contributed by atoms with Crippen LogP contribution in [0.2, 0.25) is 0 Å². The van der Waals surface area contributed by atoms with Crippen molar-refractivity contribution in [3.8, 4) is 0 Å². The lowest BCUT2D eigenvalue weighted by Crippen LogP contribution is -1.97.